The molecule has 0 aliphatic heterocycles. The van der Waals surface area contributed by atoms with Crippen LogP contribution in [-0.2, 0) is 0 Å². The number of carboxylic acid groups (broad SMARTS) is 1. The zero-order chi connectivity index (χ0) is 12.0. The number of benzene rings is 1. The van der Waals surface area contributed by atoms with Crippen LogP contribution < -0.4 is 0 Å². The summed E-state index contributed by atoms with van der Waals surface area (Å²) in [6.07, 6.45) is 0. The lowest BCUT2D eigenvalue weighted by Crippen LogP contribution is -1.96. The molecule has 0 saturated heterocycles. The number of carboxylic acids is 1. The number of aromatic carboxylic acids is 1. The van der Waals surface area contributed by atoms with Crippen LogP contribution in [0.3, 0.4) is 0 Å². The molecule has 6 heteroatoms. The molecule has 3 N–H and O–H groups in total. The molecule has 0 aliphatic carbocycles. The van der Waals surface area contributed by atoms with E-state index in [4.69, 9.17) is 28.3 Å². The first-order valence-electron chi connectivity index (χ1n) is 4.36. The minimum atomic E-state index is -1.08. The van der Waals surface area contributed by atoms with Gasteiger partial charge in [-0.2, -0.15) is 0 Å². The summed E-state index contributed by atoms with van der Waals surface area (Å²) in [5.74, 6) is -1.32. The minimum Gasteiger partial charge on any atom is -0.506 e. The van der Waals surface area contributed by atoms with Crippen LogP contribution in [0.1, 0.15) is 16.1 Å². The molecule has 1 aromatic carbocycles. The van der Waals surface area contributed by atoms with Gasteiger partial charge in [-0.1, -0.05) is 23.2 Å². The number of aryl methyl sites for hydroxylation is 1. The summed E-state index contributed by atoms with van der Waals surface area (Å²) in [4.78, 5) is 13.9. The highest BCUT2D eigenvalue weighted by atomic mass is 35.5. The van der Waals surface area contributed by atoms with Gasteiger partial charge in [0.05, 0.1) is 16.1 Å². The van der Waals surface area contributed by atoms with E-state index >= 15 is 0 Å². The zero-order valence-electron chi connectivity index (χ0n) is 8.14. The van der Waals surface area contributed by atoms with Crippen LogP contribution in [0.4, 0.5) is 0 Å². The number of fused-ring (bicyclic) bond motifs is 1. The third-order valence-corrected chi connectivity index (χ3v) is 3.22. The second-order valence-electron chi connectivity index (χ2n) is 3.38. The molecule has 84 valence electrons. The Morgan fingerprint density at radius 2 is 2.00 bits per heavy atom. The van der Waals surface area contributed by atoms with Gasteiger partial charge in [-0.05, 0) is 13.0 Å². The van der Waals surface area contributed by atoms with Crippen LogP contribution in [0.2, 0.25) is 10.0 Å². The van der Waals surface area contributed by atoms with E-state index in [1.807, 2.05) is 0 Å². The van der Waals surface area contributed by atoms with Crippen LogP contribution in [0, 0.1) is 6.92 Å². The van der Waals surface area contributed by atoms with Gasteiger partial charge in [0.25, 0.3) is 0 Å². The standard InChI is InChI=1S/C10H7Cl2NO3/c1-3-6(10(15)16)4-2-5(14)7(11)8(12)9(4)13-3/h2,13-14H,1H3,(H,15,16). The molecule has 0 atom stereocenters. The zero-order valence-corrected chi connectivity index (χ0v) is 9.65. The Bertz CT molecular complexity index is 604. The number of aromatic amines is 1. The second-order valence-corrected chi connectivity index (χ2v) is 4.13. The molecule has 1 aromatic heterocycles. The van der Waals surface area contributed by atoms with E-state index in [1.165, 1.54) is 6.07 Å². The lowest BCUT2D eigenvalue weighted by atomic mass is 10.1. The molecular weight excluding hydrogens is 253 g/mol. The van der Waals surface area contributed by atoms with Gasteiger partial charge in [0.15, 0.2) is 0 Å². The average molecular weight is 260 g/mol. The largest absolute Gasteiger partial charge is 0.506 e. The summed E-state index contributed by atoms with van der Waals surface area (Å²) in [5, 5.41) is 19.0. The van der Waals surface area contributed by atoms with Gasteiger partial charge < -0.3 is 15.2 Å². The third-order valence-electron chi connectivity index (χ3n) is 2.36. The van der Waals surface area contributed by atoms with E-state index in [9.17, 15) is 9.90 Å². The molecule has 0 unspecified atom stereocenters. The van der Waals surface area contributed by atoms with Crippen molar-refractivity contribution in [2.24, 2.45) is 0 Å². The molecule has 0 bridgehead atoms. The first-order chi connectivity index (χ1) is 7.43. The number of phenolic OH excluding ortho intramolecular Hbond substituents is 1. The van der Waals surface area contributed by atoms with E-state index in [0.717, 1.165) is 0 Å². The van der Waals surface area contributed by atoms with Gasteiger partial charge in [-0.3, -0.25) is 0 Å². The first-order valence-corrected chi connectivity index (χ1v) is 5.11. The Kier molecular flexibility index (Phi) is 2.48. The van der Waals surface area contributed by atoms with Gasteiger partial charge in [0.1, 0.15) is 10.8 Å². The number of hydrogen-bond acceptors (Lipinski definition) is 2. The highest BCUT2D eigenvalue weighted by Crippen LogP contribution is 2.39. The summed E-state index contributed by atoms with van der Waals surface area (Å²) in [6, 6.07) is 1.29. The molecule has 0 radical (unpaired) electrons. The van der Waals surface area contributed by atoms with Crippen molar-refractivity contribution in [1.29, 1.82) is 0 Å². The maximum absolute atomic E-state index is 11.0. The molecule has 0 amide bonds. The number of nitrogens with one attached hydrogen (secondary N) is 1. The molecule has 0 fully saturated rings. The molecule has 4 nitrogen and oxygen atoms in total. The van der Waals surface area contributed by atoms with Crippen molar-refractivity contribution in [2.75, 3.05) is 0 Å². The smallest absolute Gasteiger partial charge is 0.338 e. The number of carbonyl (C=O) groups is 1. The molecule has 16 heavy (non-hydrogen) atoms. The highest BCUT2D eigenvalue weighted by Gasteiger charge is 2.19. The molecule has 0 saturated carbocycles. The second kappa shape index (κ2) is 3.57. The normalized spacial score (nSPS) is 10.9. The fraction of sp³-hybridized carbons (Fsp3) is 0.100. The summed E-state index contributed by atoms with van der Waals surface area (Å²) in [5.41, 5.74) is 0.967. The number of aromatic hydroxyl groups is 1. The number of phenols is 1. The van der Waals surface area contributed by atoms with E-state index in [2.05, 4.69) is 4.98 Å². The van der Waals surface area contributed by atoms with Gasteiger partial charge in [-0.25, -0.2) is 4.79 Å². The first kappa shape index (κ1) is 11.1. The van der Waals surface area contributed by atoms with Crippen molar-refractivity contribution < 1.29 is 15.0 Å². The topological polar surface area (TPSA) is 73.3 Å². The summed E-state index contributed by atoms with van der Waals surface area (Å²) in [7, 11) is 0. The molecule has 2 aromatic rings. The number of hydrogen-bond donors (Lipinski definition) is 3. The minimum absolute atomic E-state index is 0.00681. The Balaban J connectivity index is 2.96. The highest BCUT2D eigenvalue weighted by molar-refractivity contribution is 6.46. The van der Waals surface area contributed by atoms with E-state index in [-0.39, 0.29) is 21.4 Å². The maximum Gasteiger partial charge on any atom is 0.338 e. The number of halogens is 2. The molecular formula is C10H7Cl2NO3. The third kappa shape index (κ3) is 1.42. The lowest BCUT2D eigenvalue weighted by Gasteiger charge is -2.01. The van der Waals surface area contributed by atoms with Crippen LogP contribution in [0.25, 0.3) is 10.9 Å². The fourth-order valence-electron chi connectivity index (χ4n) is 1.66. The maximum atomic E-state index is 11.0. The van der Waals surface area contributed by atoms with Crippen molar-refractivity contribution in [2.45, 2.75) is 6.92 Å². The summed E-state index contributed by atoms with van der Waals surface area (Å²) < 4.78 is 0. The monoisotopic (exact) mass is 259 g/mol. The van der Waals surface area contributed by atoms with Crippen LogP contribution in [0.15, 0.2) is 6.07 Å². The molecule has 0 aliphatic rings. The molecule has 2 rings (SSSR count). The van der Waals surface area contributed by atoms with E-state index in [1.54, 1.807) is 6.92 Å². The van der Waals surface area contributed by atoms with Crippen LogP contribution >= 0.6 is 23.2 Å². The van der Waals surface area contributed by atoms with Gasteiger partial charge in [0, 0.05) is 11.1 Å². The number of rotatable bonds is 1. The molecule has 1 heterocycles. The van der Waals surface area contributed by atoms with E-state index < -0.39 is 5.97 Å². The Hall–Kier alpha value is -1.39. The molecule has 0 spiro atoms. The van der Waals surface area contributed by atoms with Crippen LogP contribution in [-0.4, -0.2) is 21.2 Å². The Morgan fingerprint density at radius 1 is 1.38 bits per heavy atom. The fourth-order valence-corrected chi connectivity index (χ4v) is 2.05. The Morgan fingerprint density at radius 3 is 2.56 bits per heavy atom. The van der Waals surface area contributed by atoms with Crippen LogP contribution in [0.5, 0.6) is 5.75 Å². The van der Waals surface area contributed by atoms with Gasteiger partial charge in [0.2, 0.25) is 0 Å². The lowest BCUT2D eigenvalue weighted by molar-refractivity contribution is 0.0698. The summed E-state index contributed by atoms with van der Waals surface area (Å²) >= 11 is 11.7. The number of aromatic nitrogens is 1. The Labute approximate surface area is 100 Å². The predicted octanol–water partition coefficient (Wildman–Crippen LogP) is 3.19. The average Bonchev–Trinajstić information content (AvgIpc) is 2.51. The number of H-pyrrole nitrogens is 1. The van der Waals surface area contributed by atoms with Crippen molar-refractivity contribution in [3.8, 4) is 5.75 Å². The quantitative estimate of drug-likeness (QED) is 0.737. The van der Waals surface area contributed by atoms with E-state index in [0.29, 0.717) is 16.6 Å². The van der Waals surface area contributed by atoms with Crippen molar-refractivity contribution in [3.05, 3.63) is 27.4 Å². The summed E-state index contributed by atoms with van der Waals surface area (Å²) in [6.45, 7) is 1.62. The SMILES string of the molecule is Cc1[nH]c2c(Cl)c(Cl)c(O)cc2c1C(=O)O. The predicted molar refractivity (Wildman–Crippen MR) is 61.7 cm³/mol. The van der Waals surface area contributed by atoms with Crippen molar-refractivity contribution in [3.63, 3.8) is 0 Å². The van der Waals surface area contributed by atoms with Gasteiger partial charge >= 0.3 is 5.97 Å². The van der Waals surface area contributed by atoms with Gasteiger partial charge in [-0.15, -0.1) is 0 Å². The van der Waals surface area contributed by atoms with Crippen molar-refractivity contribution in [1.82, 2.24) is 4.98 Å². The van der Waals surface area contributed by atoms with Crippen molar-refractivity contribution >= 4 is 40.1 Å².